The third-order valence-electron chi connectivity index (χ3n) is 7.40. The Kier molecular flexibility index (Phi) is 5.35. The van der Waals surface area contributed by atoms with Crippen LogP contribution in [0.25, 0.3) is 0 Å². The van der Waals surface area contributed by atoms with Gasteiger partial charge in [-0.05, 0) is 77.6 Å². The zero-order chi connectivity index (χ0) is 23.4. The van der Waals surface area contributed by atoms with Gasteiger partial charge in [-0.25, -0.2) is 14.8 Å². The number of anilines is 3. The molecule has 1 amide bonds. The SMILES string of the molecule is C[C@@H]1CCc2ncnc(N3CC4(CCNCC4)c4c(N(C)C(=O)OC(C)(C)C)cccc43)c21. The van der Waals surface area contributed by atoms with Crippen LogP contribution >= 0.6 is 0 Å². The molecule has 0 radical (unpaired) electrons. The van der Waals surface area contributed by atoms with E-state index in [9.17, 15) is 4.79 Å². The Balaban J connectivity index is 1.63. The number of fused-ring (bicyclic) bond motifs is 3. The van der Waals surface area contributed by atoms with Crippen LogP contribution in [0.4, 0.5) is 22.0 Å². The lowest BCUT2D eigenvalue weighted by Gasteiger charge is -2.37. The number of nitrogens with zero attached hydrogens (tertiary/aromatic N) is 4. The number of carbonyl (C=O) groups is 1. The minimum Gasteiger partial charge on any atom is -0.443 e. The minimum atomic E-state index is -0.542. The van der Waals surface area contributed by atoms with Crippen LogP contribution in [0.1, 0.15) is 69.7 Å². The molecular weight excluding hydrogens is 414 g/mol. The van der Waals surface area contributed by atoms with Gasteiger partial charge in [0.05, 0.1) is 5.69 Å². The van der Waals surface area contributed by atoms with Crippen molar-refractivity contribution in [2.24, 2.45) is 0 Å². The summed E-state index contributed by atoms with van der Waals surface area (Å²) < 4.78 is 5.72. The highest BCUT2D eigenvalue weighted by atomic mass is 16.6. The Morgan fingerprint density at radius 3 is 2.73 bits per heavy atom. The van der Waals surface area contributed by atoms with Crippen LogP contribution in [0.2, 0.25) is 0 Å². The first-order valence-electron chi connectivity index (χ1n) is 12.1. The largest absolute Gasteiger partial charge is 0.443 e. The first kappa shape index (κ1) is 22.1. The first-order valence-corrected chi connectivity index (χ1v) is 12.1. The zero-order valence-electron chi connectivity index (χ0n) is 20.4. The Morgan fingerprint density at radius 2 is 2.00 bits per heavy atom. The topological polar surface area (TPSA) is 70.6 Å². The van der Waals surface area contributed by atoms with Crippen LogP contribution in [0, 0.1) is 0 Å². The molecule has 3 aliphatic rings. The molecule has 7 nitrogen and oxygen atoms in total. The summed E-state index contributed by atoms with van der Waals surface area (Å²) in [5.41, 5.74) is 5.24. The molecule has 1 aromatic heterocycles. The van der Waals surface area contributed by atoms with Gasteiger partial charge in [0, 0.05) is 41.5 Å². The number of aryl methyl sites for hydroxylation is 1. The van der Waals surface area contributed by atoms with E-state index in [4.69, 9.17) is 9.72 Å². The summed E-state index contributed by atoms with van der Waals surface area (Å²) in [6.45, 7) is 10.8. The fourth-order valence-corrected chi connectivity index (χ4v) is 5.81. The summed E-state index contributed by atoms with van der Waals surface area (Å²) in [7, 11) is 1.82. The van der Waals surface area contributed by atoms with Crippen molar-refractivity contribution >= 4 is 23.3 Å². The summed E-state index contributed by atoms with van der Waals surface area (Å²) in [5.74, 6) is 1.50. The summed E-state index contributed by atoms with van der Waals surface area (Å²) in [6.07, 6.45) is 5.59. The average molecular weight is 450 g/mol. The molecule has 0 bridgehead atoms. The molecule has 0 unspecified atom stereocenters. The van der Waals surface area contributed by atoms with Crippen molar-refractivity contribution in [2.45, 2.75) is 70.3 Å². The molecular formula is C26H35N5O2. The lowest BCUT2D eigenvalue weighted by molar-refractivity contribution is 0.0589. The molecule has 1 spiro atoms. The second-order valence-electron chi connectivity index (χ2n) is 10.8. The smallest absolute Gasteiger partial charge is 0.414 e. The third-order valence-corrected chi connectivity index (χ3v) is 7.40. The molecule has 2 aromatic rings. The maximum absolute atomic E-state index is 13.0. The van der Waals surface area contributed by atoms with Crippen LogP contribution < -0.4 is 15.1 Å². The average Bonchev–Trinajstić information content (AvgIpc) is 3.31. The van der Waals surface area contributed by atoms with E-state index in [0.717, 1.165) is 62.5 Å². The molecule has 5 rings (SSSR count). The fraction of sp³-hybridized carbons (Fsp3) is 0.577. The number of hydrogen-bond acceptors (Lipinski definition) is 6. The first-order chi connectivity index (χ1) is 15.7. The van der Waals surface area contributed by atoms with E-state index in [2.05, 4.69) is 34.3 Å². The molecule has 1 saturated heterocycles. The quantitative estimate of drug-likeness (QED) is 0.718. The minimum absolute atomic E-state index is 0.0346. The van der Waals surface area contributed by atoms with Gasteiger partial charge in [-0.1, -0.05) is 13.0 Å². The number of hydrogen-bond donors (Lipinski definition) is 1. The monoisotopic (exact) mass is 449 g/mol. The molecule has 1 fully saturated rings. The Morgan fingerprint density at radius 1 is 1.24 bits per heavy atom. The van der Waals surface area contributed by atoms with Crippen molar-refractivity contribution in [1.29, 1.82) is 0 Å². The number of ether oxygens (including phenoxy) is 1. The molecule has 3 heterocycles. The standard InChI is InChI=1S/C26H35N5O2/c1-17-9-10-18-21(17)23(29-16-28-18)31-15-26(11-13-27-14-12-26)22-19(7-6-8-20(22)31)30(5)24(32)33-25(2,3)4/h6-8,16-17,27H,9-15H2,1-5H3/t17-/m1/s1. The van der Waals surface area contributed by atoms with E-state index in [-0.39, 0.29) is 11.5 Å². The van der Waals surface area contributed by atoms with Crippen molar-refractivity contribution in [2.75, 3.05) is 36.5 Å². The number of rotatable bonds is 2. The maximum atomic E-state index is 13.0. The number of amides is 1. The number of nitrogens with one attached hydrogen (secondary N) is 1. The van der Waals surface area contributed by atoms with Gasteiger partial charge in [-0.3, -0.25) is 4.90 Å². The Hall–Kier alpha value is -2.67. The number of carbonyl (C=O) groups excluding carboxylic acids is 1. The molecule has 1 aromatic carbocycles. The molecule has 2 aliphatic heterocycles. The highest BCUT2D eigenvalue weighted by Crippen LogP contribution is 2.53. The van der Waals surface area contributed by atoms with E-state index in [0.29, 0.717) is 5.92 Å². The van der Waals surface area contributed by atoms with Crippen LogP contribution in [0.5, 0.6) is 0 Å². The number of piperidine rings is 1. The van der Waals surface area contributed by atoms with Crippen molar-refractivity contribution in [3.63, 3.8) is 0 Å². The van der Waals surface area contributed by atoms with Crippen molar-refractivity contribution in [3.05, 3.63) is 41.3 Å². The lowest BCUT2D eigenvalue weighted by Crippen LogP contribution is -2.43. The van der Waals surface area contributed by atoms with Gasteiger partial charge >= 0.3 is 6.09 Å². The lowest BCUT2D eigenvalue weighted by atomic mass is 9.74. The number of benzene rings is 1. The van der Waals surface area contributed by atoms with Gasteiger partial charge in [-0.2, -0.15) is 0 Å². The highest BCUT2D eigenvalue weighted by Gasteiger charge is 2.47. The molecule has 176 valence electrons. The molecule has 1 atom stereocenters. The fourth-order valence-electron chi connectivity index (χ4n) is 5.81. The van der Waals surface area contributed by atoms with Crippen molar-refractivity contribution in [1.82, 2.24) is 15.3 Å². The Labute approximate surface area is 196 Å². The summed E-state index contributed by atoms with van der Waals surface area (Å²) >= 11 is 0. The van der Waals surface area contributed by atoms with Crippen LogP contribution in [-0.2, 0) is 16.6 Å². The zero-order valence-corrected chi connectivity index (χ0v) is 20.4. The van der Waals surface area contributed by atoms with Gasteiger partial charge in [0.1, 0.15) is 17.7 Å². The van der Waals surface area contributed by atoms with Gasteiger partial charge in [-0.15, -0.1) is 0 Å². The summed E-state index contributed by atoms with van der Waals surface area (Å²) in [4.78, 5) is 26.5. The van der Waals surface area contributed by atoms with E-state index in [1.165, 1.54) is 16.8 Å². The van der Waals surface area contributed by atoms with Crippen LogP contribution in [0.3, 0.4) is 0 Å². The highest BCUT2D eigenvalue weighted by molar-refractivity contribution is 5.92. The van der Waals surface area contributed by atoms with E-state index in [1.807, 2.05) is 33.9 Å². The van der Waals surface area contributed by atoms with Crippen molar-refractivity contribution in [3.8, 4) is 0 Å². The van der Waals surface area contributed by atoms with Gasteiger partial charge in [0.2, 0.25) is 0 Å². The summed E-state index contributed by atoms with van der Waals surface area (Å²) in [5, 5.41) is 3.52. The number of aromatic nitrogens is 2. The third kappa shape index (κ3) is 3.76. The van der Waals surface area contributed by atoms with Crippen molar-refractivity contribution < 1.29 is 9.53 Å². The molecule has 1 N–H and O–H groups in total. The second-order valence-corrected chi connectivity index (χ2v) is 10.8. The van der Waals surface area contributed by atoms with E-state index in [1.54, 1.807) is 11.2 Å². The van der Waals surface area contributed by atoms with Crippen LogP contribution in [-0.4, -0.2) is 48.3 Å². The Bertz CT molecular complexity index is 1070. The molecule has 1 aliphatic carbocycles. The van der Waals surface area contributed by atoms with E-state index >= 15 is 0 Å². The van der Waals surface area contributed by atoms with Gasteiger partial charge in [0.15, 0.2) is 0 Å². The summed E-state index contributed by atoms with van der Waals surface area (Å²) in [6, 6.07) is 6.29. The van der Waals surface area contributed by atoms with Crippen LogP contribution in [0.15, 0.2) is 24.5 Å². The second kappa shape index (κ2) is 7.97. The predicted molar refractivity (Wildman–Crippen MR) is 131 cm³/mol. The molecule has 0 saturated carbocycles. The normalized spacial score (nSPS) is 21.1. The molecule has 33 heavy (non-hydrogen) atoms. The maximum Gasteiger partial charge on any atom is 0.414 e. The molecule has 7 heteroatoms. The van der Waals surface area contributed by atoms with Gasteiger partial charge < -0.3 is 15.0 Å². The van der Waals surface area contributed by atoms with E-state index < -0.39 is 5.60 Å². The predicted octanol–water partition coefficient (Wildman–Crippen LogP) is 4.67. The van der Waals surface area contributed by atoms with Gasteiger partial charge in [0.25, 0.3) is 0 Å².